The molecule has 1 heterocycles. The zero-order chi connectivity index (χ0) is 15.4. The lowest BCUT2D eigenvalue weighted by atomic mass is 10.2. The first-order chi connectivity index (χ1) is 10.0. The van der Waals surface area contributed by atoms with Crippen LogP contribution in [-0.2, 0) is 6.54 Å². The molecular weight excluding hydrogens is 308 g/mol. The van der Waals surface area contributed by atoms with Crippen LogP contribution >= 0.6 is 23.4 Å². The van der Waals surface area contributed by atoms with Gasteiger partial charge in [-0.05, 0) is 49.9 Å². The number of hydrogen-bond acceptors (Lipinski definition) is 4. The Morgan fingerprint density at radius 3 is 2.86 bits per heavy atom. The van der Waals surface area contributed by atoms with E-state index in [1.165, 1.54) is 11.8 Å². The molecule has 7 heteroatoms. The van der Waals surface area contributed by atoms with E-state index >= 15 is 0 Å². The topological polar surface area (TPSA) is 62.7 Å². The fourth-order valence-electron chi connectivity index (χ4n) is 1.92. The van der Waals surface area contributed by atoms with E-state index in [-0.39, 0.29) is 11.7 Å². The van der Waals surface area contributed by atoms with Crippen molar-refractivity contribution in [2.45, 2.75) is 43.4 Å². The van der Waals surface area contributed by atoms with Crippen LogP contribution in [0.15, 0.2) is 33.0 Å². The van der Waals surface area contributed by atoms with Crippen LogP contribution in [0.4, 0.5) is 0 Å². The van der Waals surface area contributed by atoms with Gasteiger partial charge in [0.1, 0.15) is 0 Å². The molecule has 0 aliphatic carbocycles. The summed E-state index contributed by atoms with van der Waals surface area (Å²) >= 11 is 7.71. The Hall–Kier alpha value is -1.24. The van der Waals surface area contributed by atoms with Crippen molar-refractivity contribution in [1.82, 2.24) is 20.1 Å². The highest BCUT2D eigenvalue weighted by Crippen LogP contribution is 2.30. The van der Waals surface area contributed by atoms with Gasteiger partial charge in [-0.1, -0.05) is 24.6 Å². The van der Waals surface area contributed by atoms with Crippen molar-refractivity contribution in [3.05, 3.63) is 39.3 Å². The van der Waals surface area contributed by atoms with E-state index in [0.717, 1.165) is 28.6 Å². The summed E-state index contributed by atoms with van der Waals surface area (Å²) < 4.78 is 1.63. The molecule has 2 aromatic rings. The first-order valence-electron chi connectivity index (χ1n) is 6.86. The average molecular weight is 327 g/mol. The van der Waals surface area contributed by atoms with Gasteiger partial charge in [-0.15, -0.1) is 5.10 Å². The average Bonchev–Trinajstić information content (AvgIpc) is 2.79. The largest absolute Gasteiger partial charge is 0.344 e. The van der Waals surface area contributed by atoms with Crippen molar-refractivity contribution < 1.29 is 0 Å². The molecule has 1 aromatic heterocycles. The van der Waals surface area contributed by atoms with Gasteiger partial charge in [-0.3, -0.25) is 4.57 Å². The van der Waals surface area contributed by atoms with Gasteiger partial charge in [0, 0.05) is 22.5 Å². The first-order valence-corrected chi connectivity index (χ1v) is 8.06. The Balaban J connectivity index is 2.21. The SMILES string of the molecule is CCNCc1ccc(Sc2n[nH]c(=O)n2C(C)C)cc1Cl. The van der Waals surface area contributed by atoms with Gasteiger partial charge in [0.25, 0.3) is 0 Å². The lowest BCUT2D eigenvalue weighted by Crippen LogP contribution is -2.19. The second-order valence-electron chi connectivity index (χ2n) is 4.91. The normalized spacial score (nSPS) is 11.3. The van der Waals surface area contributed by atoms with E-state index in [1.807, 2.05) is 32.0 Å². The van der Waals surface area contributed by atoms with Crippen molar-refractivity contribution in [3.63, 3.8) is 0 Å². The molecule has 0 bridgehead atoms. The van der Waals surface area contributed by atoms with Gasteiger partial charge >= 0.3 is 5.69 Å². The molecule has 0 aliphatic rings. The van der Waals surface area contributed by atoms with Crippen LogP contribution in [0.2, 0.25) is 5.02 Å². The summed E-state index contributed by atoms with van der Waals surface area (Å²) in [6, 6.07) is 5.95. The molecule has 0 radical (unpaired) electrons. The summed E-state index contributed by atoms with van der Waals surface area (Å²) in [5.74, 6) is 0. The Bertz CT molecular complexity index is 665. The van der Waals surface area contributed by atoms with Crippen LogP contribution in [0.1, 0.15) is 32.4 Å². The summed E-state index contributed by atoms with van der Waals surface area (Å²) in [6.07, 6.45) is 0. The number of benzene rings is 1. The van der Waals surface area contributed by atoms with Crippen LogP contribution in [-0.4, -0.2) is 21.3 Å². The van der Waals surface area contributed by atoms with Gasteiger partial charge in [-0.2, -0.15) is 0 Å². The standard InChI is InChI=1S/C14H19ClN4OS/c1-4-16-8-10-5-6-11(7-12(10)15)21-14-18-17-13(20)19(14)9(2)3/h5-7,9,16H,4,8H2,1-3H3,(H,17,20). The molecule has 0 amide bonds. The summed E-state index contributed by atoms with van der Waals surface area (Å²) in [5.41, 5.74) is 0.869. The van der Waals surface area contributed by atoms with E-state index in [2.05, 4.69) is 22.4 Å². The molecule has 0 aliphatic heterocycles. The molecule has 2 N–H and O–H groups in total. The monoisotopic (exact) mass is 326 g/mol. The third-order valence-corrected chi connectivity index (χ3v) is 4.30. The highest BCUT2D eigenvalue weighted by Gasteiger charge is 2.13. The maximum Gasteiger partial charge on any atom is 0.344 e. The van der Waals surface area contributed by atoms with Crippen LogP contribution in [0.5, 0.6) is 0 Å². The van der Waals surface area contributed by atoms with Gasteiger partial charge in [0.15, 0.2) is 5.16 Å². The maximum atomic E-state index is 11.7. The first kappa shape index (κ1) is 16.1. The van der Waals surface area contributed by atoms with Crippen molar-refractivity contribution in [2.24, 2.45) is 0 Å². The predicted octanol–water partition coefficient (Wildman–Crippen LogP) is 3.07. The number of hydrogen-bond donors (Lipinski definition) is 2. The van der Waals surface area contributed by atoms with Gasteiger partial charge in [-0.25, -0.2) is 9.89 Å². The molecule has 21 heavy (non-hydrogen) atoms. The Kier molecular flexibility index (Phi) is 5.50. The van der Waals surface area contributed by atoms with Crippen LogP contribution < -0.4 is 11.0 Å². The summed E-state index contributed by atoms with van der Waals surface area (Å²) in [7, 11) is 0. The lowest BCUT2D eigenvalue weighted by Gasteiger charge is -2.10. The minimum Gasteiger partial charge on any atom is -0.313 e. The summed E-state index contributed by atoms with van der Waals surface area (Å²) in [4.78, 5) is 12.7. The number of nitrogens with one attached hydrogen (secondary N) is 2. The summed E-state index contributed by atoms with van der Waals surface area (Å²) in [5, 5.41) is 11.2. The number of rotatable bonds is 6. The van der Waals surface area contributed by atoms with Gasteiger partial charge in [0.05, 0.1) is 0 Å². The Morgan fingerprint density at radius 2 is 2.24 bits per heavy atom. The van der Waals surface area contributed by atoms with E-state index in [4.69, 9.17) is 11.6 Å². The van der Waals surface area contributed by atoms with Crippen molar-refractivity contribution in [1.29, 1.82) is 0 Å². The molecule has 0 fully saturated rings. The van der Waals surface area contributed by atoms with E-state index in [9.17, 15) is 4.79 Å². The lowest BCUT2D eigenvalue weighted by molar-refractivity contribution is 0.534. The predicted molar refractivity (Wildman–Crippen MR) is 86.2 cm³/mol. The highest BCUT2D eigenvalue weighted by molar-refractivity contribution is 7.99. The molecule has 0 saturated heterocycles. The highest BCUT2D eigenvalue weighted by atomic mass is 35.5. The zero-order valence-electron chi connectivity index (χ0n) is 12.3. The molecule has 0 atom stereocenters. The van der Waals surface area contributed by atoms with Crippen LogP contribution in [0.3, 0.4) is 0 Å². The molecular formula is C14H19ClN4OS. The van der Waals surface area contributed by atoms with Crippen molar-refractivity contribution >= 4 is 23.4 Å². The smallest absolute Gasteiger partial charge is 0.313 e. The minimum atomic E-state index is -0.192. The van der Waals surface area contributed by atoms with Gasteiger partial charge < -0.3 is 5.32 Å². The molecule has 114 valence electrons. The van der Waals surface area contributed by atoms with E-state index in [1.54, 1.807) is 4.57 Å². The molecule has 0 unspecified atom stereocenters. The van der Waals surface area contributed by atoms with Crippen molar-refractivity contribution in [2.75, 3.05) is 6.54 Å². The minimum absolute atomic E-state index is 0.0576. The van der Waals surface area contributed by atoms with E-state index in [0.29, 0.717) is 5.16 Å². The fourth-order valence-corrected chi connectivity index (χ4v) is 3.24. The number of halogens is 1. The Labute approximate surface area is 133 Å². The third-order valence-electron chi connectivity index (χ3n) is 2.99. The number of H-pyrrole nitrogens is 1. The molecule has 5 nitrogen and oxygen atoms in total. The zero-order valence-corrected chi connectivity index (χ0v) is 13.9. The number of aromatic amines is 1. The molecule has 0 saturated carbocycles. The van der Waals surface area contributed by atoms with Gasteiger partial charge in [0.2, 0.25) is 0 Å². The van der Waals surface area contributed by atoms with Crippen LogP contribution in [0, 0.1) is 0 Å². The third kappa shape index (κ3) is 3.90. The maximum absolute atomic E-state index is 11.7. The quantitative estimate of drug-likeness (QED) is 0.856. The van der Waals surface area contributed by atoms with E-state index < -0.39 is 0 Å². The number of aromatic nitrogens is 3. The Morgan fingerprint density at radius 1 is 1.48 bits per heavy atom. The second kappa shape index (κ2) is 7.15. The molecule has 2 rings (SSSR count). The van der Waals surface area contributed by atoms with Crippen molar-refractivity contribution in [3.8, 4) is 0 Å². The molecule has 1 aromatic carbocycles. The second-order valence-corrected chi connectivity index (χ2v) is 6.36. The molecule has 0 spiro atoms. The summed E-state index contributed by atoms with van der Waals surface area (Å²) in [6.45, 7) is 7.61. The van der Waals surface area contributed by atoms with Crippen LogP contribution in [0.25, 0.3) is 0 Å². The number of nitrogens with zero attached hydrogens (tertiary/aromatic N) is 2. The fraction of sp³-hybridized carbons (Fsp3) is 0.429.